The van der Waals surface area contributed by atoms with Crippen molar-refractivity contribution in [3.8, 4) is 0 Å². The lowest BCUT2D eigenvalue weighted by atomic mass is 10.0. The lowest BCUT2D eigenvalue weighted by Crippen LogP contribution is -2.49. The first-order valence-electron chi connectivity index (χ1n) is 6.97. The summed E-state index contributed by atoms with van der Waals surface area (Å²) < 4.78 is 0. The maximum atomic E-state index is 12.0. The molecule has 0 aliphatic carbocycles. The van der Waals surface area contributed by atoms with Crippen molar-refractivity contribution in [2.45, 2.75) is 38.1 Å². The van der Waals surface area contributed by atoms with Crippen molar-refractivity contribution in [3.05, 3.63) is 0 Å². The Labute approximate surface area is 104 Å². The van der Waals surface area contributed by atoms with Crippen molar-refractivity contribution in [1.82, 2.24) is 15.1 Å². The zero-order valence-corrected chi connectivity index (χ0v) is 11.0. The monoisotopic (exact) mass is 239 g/mol. The third-order valence-electron chi connectivity index (χ3n) is 4.00. The molecule has 2 heterocycles. The summed E-state index contributed by atoms with van der Waals surface area (Å²) in [7, 11) is 1.90. The summed E-state index contributed by atoms with van der Waals surface area (Å²) in [6.45, 7) is 5.20. The van der Waals surface area contributed by atoms with Crippen LogP contribution in [-0.4, -0.2) is 61.5 Å². The standard InChI is InChI=1S/C13H25N3O/c1-14-7-6-13(17)16-10-4-5-12(11-16)15-8-2-3-9-15/h12,14H,2-11H2,1H3. The topological polar surface area (TPSA) is 35.6 Å². The van der Waals surface area contributed by atoms with Gasteiger partial charge in [-0.3, -0.25) is 9.69 Å². The Hall–Kier alpha value is -0.610. The van der Waals surface area contributed by atoms with Crippen LogP contribution in [0, 0.1) is 0 Å². The molecule has 0 saturated carbocycles. The van der Waals surface area contributed by atoms with Gasteiger partial charge in [-0.1, -0.05) is 0 Å². The number of likely N-dealkylation sites (tertiary alicyclic amines) is 2. The summed E-state index contributed by atoms with van der Waals surface area (Å²) in [6, 6.07) is 0.629. The summed E-state index contributed by atoms with van der Waals surface area (Å²) in [5, 5.41) is 3.05. The number of nitrogens with one attached hydrogen (secondary N) is 1. The molecule has 1 atom stereocenters. The zero-order chi connectivity index (χ0) is 12.1. The van der Waals surface area contributed by atoms with Crippen LogP contribution in [0.1, 0.15) is 32.1 Å². The van der Waals surface area contributed by atoms with Crippen molar-refractivity contribution >= 4 is 5.91 Å². The SMILES string of the molecule is CNCCC(=O)N1CCCC(N2CCCC2)C1. The third kappa shape index (κ3) is 3.42. The van der Waals surface area contributed by atoms with Gasteiger partial charge in [0.15, 0.2) is 0 Å². The molecule has 1 amide bonds. The molecule has 2 rings (SSSR count). The van der Waals surface area contributed by atoms with Crippen LogP contribution in [0.4, 0.5) is 0 Å². The van der Waals surface area contributed by atoms with E-state index < -0.39 is 0 Å². The molecule has 17 heavy (non-hydrogen) atoms. The van der Waals surface area contributed by atoms with Crippen molar-refractivity contribution in [2.75, 3.05) is 39.8 Å². The van der Waals surface area contributed by atoms with Crippen molar-refractivity contribution in [2.24, 2.45) is 0 Å². The van der Waals surface area contributed by atoms with Gasteiger partial charge in [-0.15, -0.1) is 0 Å². The Morgan fingerprint density at radius 1 is 1.24 bits per heavy atom. The fourth-order valence-corrected chi connectivity index (χ4v) is 2.98. The molecule has 1 unspecified atom stereocenters. The van der Waals surface area contributed by atoms with E-state index in [0.717, 1.165) is 19.6 Å². The second kappa shape index (κ2) is 6.36. The van der Waals surface area contributed by atoms with Crippen LogP contribution in [0.2, 0.25) is 0 Å². The Morgan fingerprint density at radius 2 is 2.00 bits per heavy atom. The quantitative estimate of drug-likeness (QED) is 0.784. The Bertz CT molecular complexity index is 251. The molecule has 0 aromatic rings. The predicted molar refractivity (Wildman–Crippen MR) is 69.0 cm³/mol. The molecule has 2 saturated heterocycles. The fourth-order valence-electron chi connectivity index (χ4n) is 2.98. The first kappa shape index (κ1) is 12.8. The Morgan fingerprint density at radius 3 is 2.71 bits per heavy atom. The van der Waals surface area contributed by atoms with E-state index in [1.807, 2.05) is 7.05 Å². The highest BCUT2D eigenvalue weighted by Gasteiger charge is 2.28. The van der Waals surface area contributed by atoms with Gasteiger partial charge >= 0.3 is 0 Å². The molecule has 0 bridgehead atoms. The molecule has 2 aliphatic heterocycles. The van der Waals surface area contributed by atoms with Crippen LogP contribution in [0.3, 0.4) is 0 Å². The molecular weight excluding hydrogens is 214 g/mol. The van der Waals surface area contributed by atoms with Crippen molar-refractivity contribution < 1.29 is 4.79 Å². The number of hydrogen-bond donors (Lipinski definition) is 1. The van der Waals surface area contributed by atoms with E-state index in [4.69, 9.17) is 0 Å². The highest BCUT2D eigenvalue weighted by Crippen LogP contribution is 2.20. The minimum atomic E-state index is 0.322. The van der Waals surface area contributed by atoms with Crippen LogP contribution in [0.15, 0.2) is 0 Å². The summed E-state index contributed by atoms with van der Waals surface area (Å²) in [4.78, 5) is 16.6. The van der Waals surface area contributed by atoms with Crippen molar-refractivity contribution in [1.29, 1.82) is 0 Å². The molecule has 98 valence electrons. The average Bonchev–Trinajstić information content (AvgIpc) is 2.90. The molecule has 0 radical (unpaired) electrons. The van der Waals surface area contributed by atoms with Gasteiger partial charge in [-0.2, -0.15) is 0 Å². The van der Waals surface area contributed by atoms with Crippen molar-refractivity contribution in [3.63, 3.8) is 0 Å². The van der Waals surface area contributed by atoms with Crippen LogP contribution in [0.25, 0.3) is 0 Å². The normalized spacial score (nSPS) is 26.4. The molecule has 4 heteroatoms. The highest BCUT2D eigenvalue weighted by atomic mass is 16.2. The van der Waals surface area contributed by atoms with Gasteiger partial charge in [0.25, 0.3) is 0 Å². The highest BCUT2D eigenvalue weighted by molar-refractivity contribution is 5.76. The summed E-state index contributed by atoms with van der Waals surface area (Å²) in [5.41, 5.74) is 0. The number of amides is 1. The van der Waals surface area contributed by atoms with Crippen LogP contribution < -0.4 is 5.32 Å². The maximum absolute atomic E-state index is 12.0. The minimum Gasteiger partial charge on any atom is -0.341 e. The number of nitrogens with zero attached hydrogens (tertiary/aromatic N) is 2. The molecule has 2 aliphatic rings. The number of piperidine rings is 1. The first-order chi connectivity index (χ1) is 8.31. The van der Waals surface area contributed by atoms with E-state index in [9.17, 15) is 4.79 Å². The van der Waals surface area contributed by atoms with E-state index in [2.05, 4.69) is 15.1 Å². The van der Waals surface area contributed by atoms with Gasteiger partial charge in [0.2, 0.25) is 5.91 Å². The van der Waals surface area contributed by atoms with Crippen LogP contribution >= 0.6 is 0 Å². The maximum Gasteiger partial charge on any atom is 0.223 e. The van der Waals surface area contributed by atoms with Gasteiger partial charge in [0.05, 0.1) is 0 Å². The summed E-state index contributed by atoms with van der Waals surface area (Å²) >= 11 is 0. The van der Waals surface area contributed by atoms with Gasteiger partial charge in [-0.25, -0.2) is 0 Å². The minimum absolute atomic E-state index is 0.322. The van der Waals surface area contributed by atoms with E-state index >= 15 is 0 Å². The zero-order valence-electron chi connectivity index (χ0n) is 11.0. The largest absolute Gasteiger partial charge is 0.341 e. The molecule has 2 fully saturated rings. The van der Waals surface area contributed by atoms with E-state index in [-0.39, 0.29) is 0 Å². The van der Waals surface area contributed by atoms with Gasteiger partial charge < -0.3 is 10.2 Å². The smallest absolute Gasteiger partial charge is 0.223 e. The molecule has 1 N–H and O–H groups in total. The number of rotatable bonds is 4. The van der Waals surface area contributed by atoms with E-state index in [1.54, 1.807) is 0 Å². The van der Waals surface area contributed by atoms with E-state index in [0.29, 0.717) is 18.4 Å². The molecular formula is C13H25N3O. The summed E-state index contributed by atoms with van der Waals surface area (Å²) in [6.07, 6.45) is 5.76. The number of carbonyl (C=O) groups excluding carboxylic acids is 1. The molecule has 0 aromatic heterocycles. The second-order valence-corrected chi connectivity index (χ2v) is 5.23. The third-order valence-corrected chi connectivity index (χ3v) is 4.00. The first-order valence-corrected chi connectivity index (χ1v) is 6.97. The van der Waals surface area contributed by atoms with Gasteiger partial charge in [0, 0.05) is 32.1 Å². The van der Waals surface area contributed by atoms with E-state index in [1.165, 1.54) is 38.8 Å². The fraction of sp³-hybridized carbons (Fsp3) is 0.923. The molecule has 4 nitrogen and oxygen atoms in total. The number of hydrogen-bond acceptors (Lipinski definition) is 3. The van der Waals surface area contributed by atoms with Crippen LogP contribution in [-0.2, 0) is 4.79 Å². The van der Waals surface area contributed by atoms with Gasteiger partial charge in [0.1, 0.15) is 0 Å². The van der Waals surface area contributed by atoms with Crippen LogP contribution in [0.5, 0.6) is 0 Å². The lowest BCUT2D eigenvalue weighted by Gasteiger charge is -2.37. The van der Waals surface area contributed by atoms with Gasteiger partial charge in [-0.05, 0) is 45.8 Å². The lowest BCUT2D eigenvalue weighted by molar-refractivity contribution is -0.133. The Kier molecular flexibility index (Phi) is 4.80. The average molecular weight is 239 g/mol. The molecule has 0 aromatic carbocycles. The number of carbonyl (C=O) groups is 1. The second-order valence-electron chi connectivity index (χ2n) is 5.23. The Balaban J connectivity index is 1.81. The molecule has 0 spiro atoms. The summed E-state index contributed by atoms with van der Waals surface area (Å²) in [5.74, 6) is 0.322. The predicted octanol–water partition coefficient (Wildman–Crippen LogP) is 0.683.